The molecule has 1 aromatic rings. The van der Waals surface area contributed by atoms with Crippen molar-refractivity contribution in [3.8, 4) is 11.5 Å². The standard InChI is InChI=1S/C15H24N2O3S/c1-3-4-5-8-20-11-6-7-13(14(9-11)19-2)17-15(18)12(16)10-21/h6-7,9,12,21H,3-5,8,10,16H2,1-2H3,(H,17,18)/t12-/m1/s1. The van der Waals surface area contributed by atoms with Crippen molar-refractivity contribution in [3.05, 3.63) is 18.2 Å². The number of unbranched alkanes of at least 4 members (excludes halogenated alkanes) is 2. The zero-order chi connectivity index (χ0) is 15.7. The molecular formula is C15H24N2O3S. The highest BCUT2D eigenvalue weighted by Gasteiger charge is 2.14. The van der Waals surface area contributed by atoms with Crippen molar-refractivity contribution >= 4 is 24.2 Å². The first-order valence-electron chi connectivity index (χ1n) is 7.10. The van der Waals surface area contributed by atoms with E-state index in [2.05, 4.69) is 24.9 Å². The summed E-state index contributed by atoms with van der Waals surface area (Å²) in [5.41, 5.74) is 6.20. The number of rotatable bonds is 9. The van der Waals surface area contributed by atoms with Crippen LogP contribution < -0.4 is 20.5 Å². The fraction of sp³-hybridized carbons (Fsp3) is 0.533. The Labute approximate surface area is 131 Å². The molecule has 6 heteroatoms. The van der Waals surface area contributed by atoms with Gasteiger partial charge >= 0.3 is 0 Å². The number of benzene rings is 1. The molecule has 3 N–H and O–H groups in total. The molecule has 21 heavy (non-hydrogen) atoms. The highest BCUT2D eigenvalue weighted by Crippen LogP contribution is 2.29. The van der Waals surface area contributed by atoms with E-state index in [0.717, 1.165) is 25.0 Å². The molecule has 0 fully saturated rings. The molecule has 0 saturated heterocycles. The number of nitrogens with one attached hydrogen (secondary N) is 1. The number of anilines is 1. The van der Waals surface area contributed by atoms with Crippen LogP contribution in [0, 0.1) is 0 Å². The molecule has 1 rings (SSSR count). The van der Waals surface area contributed by atoms with E-state index in [1.807, 2.05) is 0 Å². The molecule has 0 aliphatic heterocycles. The summed E-state index contributed by atoms with van der Waals surface area (Å²) in [6.07, 6.45) is 3.32. The van der Waals surface area contributed by atoms with Crippen LogP contribution in [-0.4, -0.2) is 31.4 Å². The first-order valence-corrected chi connectivity index (χ1v) is 7.73. The molecule has 0 bridgehead atoms. The van der Waals surface area contributed by atoms with Crippen LogP contribution in [0.1, 0.15) is 26.2 Å². The van der Waals surface area contributed by atoms with Gasteiger partial charge < -0.3 is 20.5 Å². The summed E-state index contributed by atoms with van der Waals surface area (Å²) in [6, 6.07) is 4.66. The Morgan fingerprint density at radius 3 is 2.81 bits per heavy atom. The van der Waals surface area contributed by atoms with E-state index < -0.39 is 6.04 Å². The monoisotopic (exact) mass is 312 g/mol. The average molecular weight is 312 g/mol. The third-order valence-corrected chi connectivity index (χ3v) is 3.37. The average Bonchev–Trinajstić information content (AvgIpc) is 2.51. The molecule has 0 unspecified atom stereocenters. The molecule has 1 aromatic carbocycles. The fourth-order valence-electron chi connectivity index (χ4n) is 1.72. The van der Waals surface area contributed by atoms with Gasteiger partial charge in [-0.1, -0.05) is 19.8 Å². The molecule has 0 spiro atoms. The number of ether oxygens (including phenoxy) is 2. The topological polar surface area (TPSA) is 73.6 Å². The second-order valence-corrected chi connectivity index (χ2v) is 5.06. The van der Waals surface area contributed by atoms with Crippen LogP contribution in [0.4, 0.5) is 5.69 Å². The summed E-state index contributed by atoms with van der Waals surface area (Å²) in [5.74, 6) is 1.26. The van der Waals surface area contributed by atoms with E-state index in [9.17, 15) is 4.79 Å². The van der Waals surface area contributed by atoms with E-state index in [0.29, 0.717) is 18.0 Å². The Hall–Kier alpha value is -1.40. The zero-order valence-electron chi connectivity index (χ0n) is 12.6. The Morgan fingerprint density at radius 2 is 2.19 bits per heavy atom. The molecule has 0 aliphatic carbocycles. The first kappa shape index (κ1) is 17.7. The highest BCUT2D eigenvalue weighted by atomic mass is 32.1. The van der Waals surface area contributed by atoms with Crippen LogP contribution in [0.3, 0.4) is 0 Å². The van der Waals surface area contributed by atoms with Crippen LogP contribution in [0.25, 0.3) is 0 Å². The Balaban J connectivity index is 2.68. The van der Waals surface area contributed by atoms with Gasteiger partial charge in [0.15, 0.2) is 0 Å². The predicted molar refractivity (Wildman–Crippen MR) is 88.5 cm³/mol. The van der Waals surface area contributed by atoms with E-state index >= 15 is 0 Å². The molecule has 0 heterocycles. The lowest BCUT2D eigenvalue weighted by Gasteiger charge is -2.14. The normalized spacial score (nSPS) is 11.8. The molecule has 0 radical (unpaired) electrons. The second-order valence-electron chi connectivity index (χ2n) is 4.70. The smallest absolute Gasteiger partial charge is 0.242 e. The van der Waals surface area contributed by atoms with Gasteiger partial charge in [-0.15, -0.1) is 0 Å². The van der Waals surface area contributed by atoms with Gasteiger partial charge in [-0.3, -0.25) is 4.79 Å². The van der Waals surface area contributed by atoms with Crippen LogP contribution in [0.2, 0.25) is 0 Å². The van der Waals surface area contributed by atoms with Crippen molar-refractivity contribution in [3.63, 3.8) is 0 Å². The van der Waals surface area contributed by atoms with Crippen molar-refractivity contribution in [2.45, 2.75) is 32.2 Å². The third kappa shape index (κ3) is 5.85. The maximum Gasteiger partial charge on any atom is 0.242 e. The summed E-state index contributed by atoms with van der Waals surface area (Å²) in [7, 11) is 1.55. The Bertz CT molecular complexity index is 455. The lowest BCUT2D eigenvalue weighted by molar-refractivity contribution is -0.116. The van der Waals surface area contributed by atoms with Gasteiger partial charge in [0.1, 0.15) is 11.5 Å². The number of carbonyl (C=O) groups is 1. The minimum Gasteiger partial charge on any atom is -0.494 e. The maximum absolute atomic E-state index is 11.8. The van der Waals surface area contributed by atoms with Crippen molar-refractivity contribution in [2.24, 2.45) is 5.73 Å². The summed E-state index contributed by atoms with van der Waals surface area (Å²) in [4.78, 5) is 11.8. The molecule has 0 aliphatic rings. The van der Waals surface area contributed by atoms with E-state index in [1.165, 1.54) is 0 Å². The largest absolute Gasteiger partial charge is 0.494 e. The van der Waals surface area contributed by atoms with Gasteiger partial charge in [0.25, 0.3) is 0 Å². The van der Waals surface area contributed by atoms with Gasteiger partial charge in [-0.05, 0) is 18.6 Å². The number of hydrogen-bond donors (Lipinski definition) is 3. The SMILES string of the molecule is CCCCCOc1ccc(NC(=O)[C@H](N)CS)c(OC)c1. The molecule has 0 saturated carbocycles. The van der Waals surface area contributed by atoms with Gasteiger partial charge in [0.2, 0.25) is 5.91 Å². The van der Waals surface area contributed by atoms with Gasteiger partial charge in [0.05, 0.1) is 25.4 Å². The van der Waals surface area contributed by atoms with Crippen LogP contribution in [0.5, 0.6) is 11.5 Å². The second kappa shape index (κ2) is 9.52. The van der Waals surface area contributed by atoms with Gasteiger partial charge in [-0.2, -0.15) is 12.6 Å². The number of thiol groups is 1. The molecule has 118 valence electrons. The molecular weight excluding hydrogens is 288 g/mol. The Morgan fingerprint density at radius 1 is 1.43 bits per heavy atom. The van der Waals surface area contributed by atoms with Crippen molar-refractivity contribution in [1.82, 2.24) is 0 Å². The molecule has 1 atom stereocenters. The van der Waals surface area contributed by atoms with E-state index in [-0.39, 0.29) is 11.7 Å². The summed E-state index contributed by atoms with van der Waals surface area (Å²) >= 11 is 4.00. The minimum absolute atomic E-state index is 0.284. The number of nitrogens with two attached hydrogens (primary N) is 1. The van der Waals surface area contributed by atoms with E-state index in [1.54, 1.807) is 25.3 Å². The van der Waals surface area contributed by atoms with Gasteiger partial charge in [0, 0.05) is 11.8 Å². The van der Waals surface area contributed by atoms with Gasteiger partial charge in [-0.25, -0.2) is 0 Å². The molecule has 0 aromatic heterocycles. The zero-order valence-corrected chi connectivity index (χ0v) is 13.5. The lowest BCUT2D eigenvalue weighted by atomic mass is 10.2. The lowest BCUT2D eigenvalue weighted by Crippen LogP contribution is -2.37. The quantitative estimate of drug-likeness (QED) is 0.484. The van der Waals surface area contributed by atoms with Crippen LogP contribution in [-0.2, 0) is 4.79 Å². The number of hydrogen-bond acceptors (Lipinski definition) is 5. The number of carbonyl (C=O) groups excluding carboxylic acids is 1. The fourth-order valence-corrected chi connectivity index (χ4v) is 1.88. The summed E-state index contributed by atoms with van der Waals surface area (Å²) in [5, 5.41) is 2.72. The number of amides is 1. The van der Waals surface area contributed by atoms with Crippen molar-refractivity contribution < 1.29 is 14.3 Å². The van der Waals surface area contributed by atoms with Crippen molar-refractivity contribution in [1.29, 1.82) is 0 Å². The summed E-state index contributed by atoms with van der Waals surface area (Å²) in [6.45, 7) is 2.82. The molecule has 1 amide bonds. The number of methoxy groups -OCH3 is 1. The predicted octanol–water partition coefficient (Wildman–Crippen LogP) is 2.46. The summed E-state index contributed by atoms with van der Waals surface area (Å²) < 4.78 is 10.9. The Kier molecular flexibility index (Phi) is 8.00. The van der Waals surface area contributed by atoms with Crippen LogP contribution >= 0.6 is 12.6 Å². The first-order chi connectivity index (χ1) is 10.1. The minimum atomic E-state index is -0.650. The van der Waals surface area contributed by atoms with Crippen LogP contribution in [0.15, 0.2) is 18.2 Å². The highest BCUT2D eigenvalue weighted by molar-refractivity contribution is 7.80. The van der Waals surface area contributed by atoms with E-state index in [4.69, 9.17) is 15.2 Å². The van der Waals surface area contributed by atoms with Crippen molar-refractivity contribution in [2.75, 3.05) is 24.8 Å². The molecule has 5 nitrogen and oxygen atoms in total. The maximum atomic E-state index is 11.8. The third-order valence-electron chi connectivity index (χ3n) is 2.98.